The Labute approximate surface area is 126 Å². The summed E-state index contributed by atoms with van der Waals surface area (Å²) in [6, 6.07) is 13.3. The Morgan fingerprint density at radius 3 is 2.81 bits per heavy atom. The molecule has 0 aliphatic carbocycles. The van der Waals surface area contributed by atoms with Crippen LogP contribution in [0.25, 0.3) is 10.8 Å². The number of nitrogens with two attached hydrogens (primary N) is 1. The van der Waals surface area contributed by atoms with Gasteiger partial charge in [0.15, 0.2) is 0 Å². The van der Waals surface area contributed by atoms with Crippen LogP contribution >= 0.6 is 0 Å². The molecule has 2 aromatic carbocycles. The largest absolute Gasteiger partial charge is 0.494 e. The third kappa shape index (κ3) is 3.30. The second kappa shape index (κ2) is 6.35. The summed E-state index contributed by atoms with van der Waals surface area (Å²) in [4.78, 5) is 2.40. The SMILES string of the molecule is CCCOc1ccc2cc(N3CCCC(N)C3)ccc2c1. The minimum Gasteiger partial charge on any atom is -0.494 e. The van der Waals surface area contributed by atoms with Crippen molar-refractivity contribution in [1.82, 2.24) is 0 Å². The molecule has 1 heterocycles. The monoisotopic (exact) mass is 284 g/mol. The lowest BCUT2D eigenvalue weighted by atomic mass is 10.0. The van der Waals surface area contributed by atoms with E-state index in [2.05, 4.69) is 48.2 Å². The highest BCUT2D eigenvalue weighted by atomic mass is 16.5. The smallest absolute Gasteiger partial charge is 0.119 e. The third-order valence-corrected chi connectivity index (χ3v) is 4.09. The average molecular weight is 284 g/mol. The van der Waals surface area contributed by atoms with Gasteiger partial charge in [-0.15, -0.1) is 0 Å². The van der Waals surface area contributed by atoms with Gasteiger partial charge in [-0.2, -0.15) is 0 Å². The Morgan fingerprint density at radius 1 is 1.19 bits per heavy atom. The normalized spacial score (nSPS) is 19.0. The van der Waals surface area contributed by atoms with Crippen molar-refractivity contribution in [3.8, 4) is 5.75 Å². The summed E-state index contributed by atoms with van der Waals surface area (Å²) in [6.45, 7) is 4.96. The van der Waals surface area contributed by atoms with E-state index in [1.54, 1.807) is 0 Å². The van der Waals surface area contributed by atoms with Crippen molar-refractivity contribution < 1.29 is 4.74 Å². The lowest BCUT2D eigenvalue weighted by Gasteiger charge is -2.32. The van der Waals surface area contributed by atoms with Crippen molar-refractivity contribution in [1.29, 1.82) is 0 Å². The van der Waals surface area contributed by atoms with Crippen LogP contribution in [0.2, 0.25) is 0 Å². The van der Waals surface area contributed by atoms with E-state index >= 15 is 0 Å². The molecule has 0 saturated carbocycles. The molecule has 112 valence electrons. The third-order valence-electron chi connectivity index (χ3n) is 4.09. The van der Waals surface area contributed by atoms with Crippen molar-refractivity contribution in [2.45, 2.75) is 32.2 Å². The number of benzene rings is 2. The van der Waals surface area contributed by atoms with Crippen molar-refractivity contribution in [2.75, 3.05) is 24.6 Å². The van der Waals surface area contributed by atoms with Gasteiger partial charge in [0.25, 0.3) is 0 Å². The van der Waals surface area contributed by atoms with E-state index in [4.69, 9.17) is 10.5 Å². The Morgan fingerprint density at radius 2 is 2.00 bits per heavy atom. The zero-order chi connectivity index (χ0) is 14.7. The van der Waals surface area contributed by atoms with E-state index in [1.165, 1.54) is 22.9 Å². The second-order valence-corrected chi connectivity index (χ2v) is 5.89. The highest BCUT2D eigenvalue weighted by Gasteiger charge is 2.17. The molecule has 0 bridgehead atoms. The first-order valence-corrected chi connectivity index (χ1v) is 7.93. The van der Waals surface area contributed by atoms with E-state index in [1.807, 2.05) is 0 Å². The van der Waals surface area contributed by atoms with Crippen LogP contribution in [-0.4, -0.2) is 25.7 Å². The van der Waals surface area contributed by atoms with Crippen LogP contribution in [0.4, 0.5) is 5.69 Å². The van der Waals surface area contributed by atoms with Crippen LogP contribution in [0.3, 0.4) is 0 Å². The number of fused-ring (bicyclic) bond motifs is 1. The molecule has 1 unspecified atom stereocenters. The quantitative estimate of drug-likeness (QED) is 0.933. The number of piperidine rings is 1. The molecular formula is C18H24N2O. The minimum atomic E-state index is 0.305. The zero-order valence-electron chi connectivity index (χ0n) is 12.7. The summed E-state index contributed by atoms with van der Waals surface area (Å²) in [5.74, 6) is 0.956. The van der Waals surface area contributed by atoms with Gasteiger partial charge in [-0.05, 0) is 54.3 Å². The van der Waals surface area contributed by atoms with Gasteiger partial charge in [-0.25, -0.2) is 0 Å². The highest BCUT2D eigenvalue weighted by Crippen LogP contribution is 2.27. The molecule has 1 atom stereocenters. The Bertz CT molecular complexity index is 611. The average Bonchev–Trinajstić information content (AvgIpc) is 2.52. The molecule has 0 radical (unpaired) electrons. The maximum Gasteiger partial charge on any atom is 0.119 e. The molecule has 3 heteroatoms. The van der Waals surface area contributed by atoms with Crippen molar-refractivity contribution in [3.63, 3.8) is 0 Å². The molecule has 0 spiro atoms. The fourth-order valence-corrected chi connectivity index (χ4v) is 2.96. The van der Waals surface area contributed by atoms with Gasteiger partial charge in [0.05, 0.1) is 6.61 Å². The van der Waals surface area contributed by atoms with Gasteiger partial charge in [0.2, 0.25) is 0 Å². The number of ether oxygens (including phenoxy) is 1. The zero-order valence-corrected chi connectivity index (χ0v) is 12.7. The minimum absolute atomic E-state index is 0.305. The summed E-state index contributed by atoms with van der Waals surface area (Å²) < 4.78 is 5.70. The first-order chi connectivity index (χ1) is 10.3. The van der Waals surface area contributed by atoms with Gasteiger partial charge in [-0.1, -0.05) is 19.1 Å². The first-order valence-electron chi connectivity index (χ1n) is 7.93. The fourth-order valence-electron chi connectivity index (χ4n) is 2.96. The second-order valence-electron chi connectivity index (χ2n) is 5.89. The van der Waals surface area contributed by atoms with E-state index in [0.29, 0.717) is 6.04 Å². The molecule has 2 aromatic rings. The van der Waals surface area contributed by atoms with Gasteiger partial charge >= 0.3 is 0 Å². The molecular weight excluding hydrogens is 260 g/mol. The summed E-state index contributed by atoms with van der Waals surface area (Å²) in [5, 5.41) is 2.49. The van der Waals surface area contributed by atoms with Crippen LogP contribution in [0, 0.1) is 0 Å². The maximum absolute atomic E-state index is 6.08. The number of hydrogen-bond donors (Lipinski definition) is 1. The van der Waals surface area contributed by atoms with Crippen molar-refractivity contribution in [2.24, 2.45) is 5.73 Å². The summed E-state index contributed by atoms with van der Waals surface area (Å²) in [7, 11) is 0. The van der Waals surface area contributed by atoms with E-state index in [-0.39, 0.29) is 0 Å². The lowest BCUT2D eigenvalue weighted by molar-refractivity contribution is 0.318. The van der Waals surface area contributed by atoms with E-state index in [9.17, 15) is 0 Å². The van der Waals surface area contributed by atoms with Gasteiger partial charge < -0.3 is 15.4 Å². The Balaban J connectivity index is 1.83. The van der Waals surface area contributed by atoms with Crippen LogP contribution in [-0.2, 0) is 0 Å². The van der Waals surface area contributed by atoms with Gasteiger partial charge in [0.1, 0.15) is 5.75 Å². The predicted octanol–water partition coefficient (Wildman–Crippen LogP) is 3.56. The molecule has 3 rings (SSSR count). The molecule has 0 aromatic heterocycles. The molecule has 1 aliphatic heterocycles. The molecule has 21 heavy (non-hydrogen) atoms. The topological polar surface area (TPSA) is 38.5 Å². The van der Waals surface area contributed by atoms with E-state index < -0.39 is 0 Å². The summed E-state index contributed by atoms with van der Waals surface area (Å²) in [6.07, 6.45) is 3.36. The summed E-state index contributed by atoms with van der Waals surface area (Å²) in [5.41, 5.74) is 7.36. The fraction of sp³-hybridized carbons (Fsp3) is 0.444. The molecule has 3 nitrogen and oxygen atoms in total. The first kappa shape index (κ1) is 14.2. The van der Waals surface area contributed by atoms with Crippen LogP contribution in [0.5, 0.6) is 5.75 Å². The maximum atomic E-state index is 6.08. The molecule has 2 N–H and O–H groups in total. The van der Waals surface area contributed by atoms with Crippen LogP contribution in [0.1, 0.15) is 26.2 Å². The van der Waals surface area contributed by atoms with Crippen molar-refractivity contribution >= 4 is 16.5 Å². The highest BCUT2D eigenvalue weighted by molar-refractivity contribution is 5.87. The molecule has 1 saturated heterocycles. The Kier molecular flexibility index (Phi) is 4.30. The van der Waals surface area contributed by atoms with Crippen molar-refractivity contribution in [3.05, 3.63) is 36.4 Å². The number of hydrogen-bond acceptors (Lipinski definition) is 3. The van der Waals surface area contributed by atoms with Gasteiger partial charge in [-0.3, -0.25) is 0 Å². The number of nitrogens with zero attached hydrogens (tertiary/aromatic N) is 1. The standard InChI is InChI=1S/C18H24N2O/c1-2-10-21-18-8-6-14-11-17(7-5-15(14)12-18)20-9-3-4-16(19)13-20/h5-8,11-12,16H,2-4,9-10,13,19H2,1H3. The number of rotatable bonds is 4. The Hall–Kier alpha value is -1.74. The van der Waals surface area contributed by atoms with Crippen LogP contribution < -0.4 is 15.4 Å². The summed E-state index contributed by atoms with van der Waals surface area (Å²) >= 11 is 0. The molecule has 0 amide bonds. The molecule has 1 fully saturated rings. The predicted molar refractivity (Wildman–Crippen MR) is 89.2 cm³/mol. The number of anilines is 1. The molecule has 1 aliphatic rings. The van der Waals surface area contributed by atoms with E-state index in [0.717, 1.165) is 38.3 Å². The lowest BCUT2D eigenvalue weighted by Crippen LogP contribution is -2.42. The van der Waals surface area contributed by atoms with Crippen LogP contribution in [0.15, 0.2) is 36.4 Å². The van der Waals surface area contributed by atoms with Gasteiger partial charge in [0, 0.05) is 24.8 Å².